The van der Waals surface area contributed by atoms with Crippen molar-refractivity contribution >= 4 is 0 Å². The number of nitrogens with two attached hydrogens (primary N) is 1. The van der Waals surface area contributed by atoms with Crippen molar-refractivity contribution in [2.45, 2.75) is 33.0 Å². The van der Waals surface area contributed by atoms with Gasteiger partial charge in [-0.15, -0.1) is 0 Å². The average molecular weight is 146 g/mol. The maximum atomic E-state index is 9.09. The number of aliphatic hydroxyl groups excluding tert-OH is 1. The van der Waals surface area contributed by atoms with Gasteiger partial charge in [0.05, 0.1) is 12.3 Å². The Morgan fingerprint density at radius 2 is 1.80 bits per heavy atom. The highest BCUT2D eigenvalue weighted by atomic mass is 16.3. The van der Waals surface area contributed by atoms with Crippen LogP contribution >= 0.6 is 0 Å². The maximum absolute atomic E-state index is 9.09. The lowest BCUT2D eigenvalue weighted by Crippen LogP contribution is -2.48. The molecule has 0 heterocycles. The van der Waals surface area contributed by atoms with Crippen molar-refractivity contribution in [1.82, 2.24) is 4.90 Å². The third-order valence-electron chi connectivity index (χ3n) is 1.73. The van der Waals surface area contributed by atoms with Crippen molar-refractivity contribution < 1.29 is 5.11 Å². The summed E-state index contributed by atoms with van der Waals surface area (Å²) in [6, 6.07) is 0. The normalized spacial score (nSPS) is 17.4. The number of hydrogen-bond acceptors (Lipinski definition) is 3. The monoisotopic (exact) mass is 146 g/mol. The van der Waals surface area contributed by atoms with Gasteiger partial charge in [0.25, 0.3) is 0 Å². The molecule has 0 aromatic heterocycles. The number of aliphatic hydroxyl groups is 1. The molecule has 0 spiro atoms. The predicted octanol–water partition coefficient (Wildman–Crippen LogP) is -0.00620. The summed E-state index contributed by atoms with van der Waals surface area (Å²) in [5, 5.41) is 9.09. The van der Waals surface area contributed by atoms with Gasteiger partial charge in [-0.2, -0.15) is 0 Å². The Bertz CT molecular complexity index is 81.7. The lowest BCUT2D eigenvalue weighted by Gasteiger charge is -2.27. The molecule has 0 aliphatic carbocycles. The number of nitrogens with zero attached hydrogens (tertiary/aromatic N) is 1. The van der Waals surface area contributed by atoms with Crippen LogP contribution < -0.4 is 5.73 Å². The zero-order valence-corrected chi connectivity index (χ0v) is 7.04. The topological polar surface area (TPSA) is 49.5 Å². The van der Waals surface area contributed by atoms with Crippen LogP contribution in [0.3, 0.4) is 0 Å². The van der Waals surface area contributed by atoms with Crippen molar-refractivity contribution in [3.8, 4) is 0 Å². The molecule has 0 aliphatic heterocycles. The summed E-state index contributed by atoms with van der Waals surface area (Å²) in [4.78, 5) is 2.02. The second kappa shape index (κ2) is 4.66. The Hall–Kier alpha value is -0.120. The Balaban J connectivity index is 3.76. The standard InChI is InChI=1S/C7H18N2O/c1-4-9(5-2)7(8)6(3)10/h6-7,10H,4-5,8H2,1-3H3. The van der Waals surface area contributed by atoms with E-state index in [-0.39, 0.29) is 6.17 Å². The zero-order valence-electron chi connectivity index (χ0n) is 7.04. The van der Waals surface area contributed by atoms with Crippen LogP contribution in [0.25, 0.3) is 0 Å². The summed E-state index contributed by atoms with van der Waals surface area (Å²) in [5.41, 5.74) is 5.66. The van der Waals surface area contributed by atoms with Gasteiger partial charge in [0, 0.05) is 0 Å². The molecule has 2 unspecified atom stereocenters. The van der Waals surface area contributed by atoms with Gasteiger partial charge >= 0.3 is 0 Å². The summed E-state index contributed by atoms with van der Waals surface area (Å²) < 4.78 is 0. The van der Waals surface area contributed by atoms with Gasteiger partial charge in [-0.1, -0.05) is 13.8 Å². The Kier molecular flexibility index (Phi) is 4.60. The number of rotatable bonds is 4. The third kappa shape index (κ3) is 2.64. The summed E-state index contributed by atoms with van der Waals surface area (Å²) in [6.07, 6.45) is -0.658. The van der Waals surface area contributed by atoms with E-state index in [0.717, 1.165) is 13.1 Å². The van der Waals surface area contributed by atoms with Crippen LogP contribution in [0.4, 0.5) is 0 Å². The predicted molar refractivity (Wildman–Crippen MR) is 42.6 cm³/mol. The van der Waals surface area contributed by atoms with Crippen LogP contribution in [-0.4, -0.2) is 35.4 Å². The van der Waals surface area contributed by atoms with Crippen molar-refractivity contribution in [2.75, 3.05) is 13.1 Å². The molecule has 0 aromatic rings. The average Bonchev–Trinajstić information content (AvgIpc) is 1.90. The number of likely N-dealkylation sites (N-methyl/N-ethyl adjacent to an activating group) is 1. The summed E-state index contributed by atoms with van der Waals surface area (Å²) in [6.45, 7) is 7.56. The van der Waals surface area contributed by atoms with Gasteiger partial charge in [-0.05, 0) is 20.0 Å². The first-order chi connectivity index (χ1) is 4.63. The molecule has 0 amide bonds. The van der Waals surface area contributed by atoms with Gasteiger partial charge in [0.1, 0.15) is 0 Å². The van der Waals surface area contributed by atoms with E-state index in [4.69, 9.17) is 10.8 Å². The molecule has 3 nitrogen and oxygen atoms in total. The molecule has 3 heteroatoms. The minimum atomic E-state index is -0.445. The van der Waals surface area contributed by atoms with E-state index in [1.165, 1.54) is 0 Å². The van der Waals surface area contributed by atoms with Gasteiger partial charge < -0.3 is 10.8 Å². The lowest BCUT2D eigenvalue weighted by molar-refractivity contribution is 0.0704. The maximum Gasteiger partial charge on any atom is 0.0836 e. The fourth-order valence-electron chi connectivity index (χ4n) is 0.950. The Morgan fingerprint density at radius 3 is 1.90 bits per heavy atom. The third-order valence-corrected chi connectivity index (χ3v) is 1.73. The first-order valence-electron chi connectivity index (χ1n) is 3.81. The van der Waals surface area contributed by atoms with Crippen LogP contribution in [0.15, 0.2) is 0 Å². The molecular formula is C7H18N2O. The number of hydrogen-bond donors (Lipinski definition) is 2. The summed E-state index contributed by atoms with van der Waals surface area (Å²) in [7, 11) is 0. The van der Waals surface area contributed by atoms with Crippen LogP contribution in [0.1, 0.15) is 20.8 Å². The van der Waals surface area contributed by atoms with Gasteiger partial charge in [-0.25, -0.2) is 0 Å². The van der Waals surface area contributed by atoms with E-state index in [9.17, 15) is 0 Å². The second-order valence-corrected chi connectivity index (χ2v) is 2.45. The Labute approximate surface area is 62.8 Å². The largest absolute Gasteiger partial charge is 0.390 e. The molecule has 0 fully saturated rings. The first-order valence-corrected chi connectivity index (χ1v) is 3.81. The second-order valence-electron chi connectivity index (χ2n) is 2.45. The van der Waals surface area contributed by atoms with E-state index < -0.39 is 6.10 Å². The van der Waals surface area contributed by atoms with E-state index in [0.29, 0.717) is 0 Å². The van der Waals surface area contributed by atoms with E-state index in [2.05, 4.69) is 0 Å². The minimum Gasteiger partial charge on any atom is -0.390 e. The summed E-state index contributed by atoms with van der Waals surface area (Å²) in [5.74, 6) is 0. The van der Waals surface area contributed by atoms with Crippen LogP contribution in [0, 0.1) is 0 Å². The van der Waals surface area contributed by atoms with E-state index in [1.807, 2.05) is 18.7 Å². The van der Waals surface area contributed by atoms with Crippen molar-refractivity contribution in [1.29, 1.82) is 0 Å². The Morgan fingerprint density at radius 1 is 1.40 bits per heavy atom. The van der Waals surface area contributed by atoms with E-state index in [1.54, 1.807) is 6.92 Å². The van der Waals surface area contributed by atoms with Crippen molar-refractivity contribution in [2.24, 2.45) is 5.73 Å². The highest BCUT2D eigenvalue weighted by Gasteiger charge is 2.14. The molecule has 0 saturated carbocycles. The fraction of sp³-hybridized carbons (Fsp3) is 1.00. The molecule has 62 valence electrons. The molecule has 3 N–H and O–H groups in total. The van der Waals surface area contributed by atoms with Crippen LogP contribution in [0.5, 0.6) is 0 Å². The van der Waals surface area contributed by atoms with Crippen LogP contribution in [0.2, 0.25) is 0 Å². The zero-order chi connectivity index (χ0) is 8.15. The van der Waals surface area contributed by atoms with Crippen molar-refractivity contribution in [3.63, 3.8) is 0 Å². The molecule has 10 heavy (non-hydrogen) atoms. The fourth-order valence-corrected chi connectivity index (χ4v) is 0.950. The quantitative estimate of drug-likeness (QED) is 0.549. The molecule has 0 bridgehead atoms. The smallest absolute Gasteiger partial charge is 0.0836 e. The molecule has 2 atom stereocenters. The molecule has 0 rings (SSSR count). The van der Waals surface area contributed by atoms with E-state index >= 15 is 0 Å². The molecule has 0 radical (unpaired) electrons. The van der Waals surface area contributed by atoms with Gasteiger partial charge in [0.15, 0.2) is 0 Å². The minimum absolute atomic E-state index is 0.213. The highest BCUT2D eigenvalue weighted by Crippen LogP contribution is 1.96. The SMILES string of the molecule is CCN(CC)C(N)C(C)O. The molecular weight excluding hydrogens is 128 g/mol. The van der Waals surface area contributed by atoms with Crippen molar-refractivity contribution in [3.05, 3.63) is 0 Å². The summed E-state index contributed by atoms with van der Waals surface area (Å²) >= 11 is 0. The lowest BCUT2D eigenvalue weighted by atomic mass is 10.3. The molecule has 0 aliphatic rings. The van der Waals surface area contributed by atoms with Gasteiger partial charge in [-0.3, -0.25) is 4.90 Å². The van der Waals surface area contributed by atoms with Gasteiger partial charge in [0.2, 0.25) is 0 Å². The molecule has 0 saturated heterocycles. The molecule has 0 aromatic carbocycles. The first kappa shape index (κ1) is 9.88. The van der Waals surface area contributed by atoms with Crippen LogP contribution in [-0.2, 0) is 0 Å². The highest BCUT2D eigenvalue weighted by molar-refractivity contribution is 4.67.